The highest BCUT2D eigenvalue weighted by Gasteiger charge is 2.22. The van der Waals surface area contributed by atoms with Crippen LogP contribution in [0.5, 0.6) is 5.75 Å². The van der Waals surface area contributed by atoms with E-state index in [9.17, 15) is 0 Å². The van der Waals surface area contributed by atoms with Crippen molar-refractivity contribution in [2.45, 2.75) is 65.0 Å². The summed E-state index contributed by atoms with van der Waals surface area (Å²) in [6.45, 7) is 8.91. The molecule has 0 saturated carbocycles. The molecule has 3 rings (SSSR count). The predicted octanol–water partition coefficient (Wildman–Crippen LogP) is 2.91. The van der Waals surface area contributed by atoms with Gasteiger partial charge in [0.2, 0.25) is 0 Å². The number of aliphatic imine (C=N–C) groups is 1. The lowest BCUT2D eigenvalue weighted by Gasteiger charge is -2.25. The van der Waals surface area contributed by atoms with Gasteiger partial charge in [0.25, 0.3) is 0 Å². The number of aromatic nitrogens is 3. The maximum absolute atomic E-state index is 5.24. The van der Waals surface area contributed by atoms with Gasteiger partial charge in [0.05, 0.1) is 13.7 Å². The molecule has 2 N–H and O–H groups in total. The van der Waals surface area contributed by atoms with Gasteiger partial charge in [0.15, 0.2) is 11.8 Å². The Kier molecular flexibility index (Phi) is 7.49. The van der Waals surface area contributed by atoms with E-state index in [-0.39, 0.29) is 0 Å². The first kappa shape index (κ1) is 21.1. The van der Waals surface area contributed by atoms with Crippen molar-refractivity contribution < 1.29 is 4.74 Å². The molecule has 0 saturated heterocycles. The molecule has 158 valence electrons. The zero-order chi connectivity index (χ0) is 20.6. The van der Waals surface area contributed by atoms with Crippen molar-refractivity contribution in [3.63, 3.8) is 0 Å². The van der Waals surface area contributed by atoms with Crippen molar-refractivity contribution in [2.75, 3.05) is 20.2 Å². The van der Waals surface area contributed by atoms with E-state index in [4.69, 9.17) is 9.73 Å². The zero-order valence-electron chi connectivity index (χ0n) is 18.1. The van der Waals surface area contributed by atoms with Crippen molar-refractivity contribution in [1.82, 2.24) is 25.4 Å². The van der Waals surface area contributed by atoms with Crippen LogP contribution in [0.2, 0.25) is 0 Å². The molecule has 7 heteroatoms. The van der Waals surface area contributed by atoms with Crippen LogP contribution in [0.25, 0.3) is 0 Å². The van der Waals surface area contributed by atoms with Gasteiger partial charge in [-0.05, 0) is 43.4 Å². The number of benzene rings is 1. The third kappa shape index (κ3) is 5.71. The fourth-order valence-corrected chi connectivity index (χ4v) is 3.61. The van der Waals surface area contributed by atoms with E-state index >= 15 is 0 Å². The van der Waals surface area contributed by atoms with E-state index < -0.39 is 0 Å². The van der Waals surface area contributed by atoms with Crippen molar-refractivity contribution in [3.8, 4) is 5.75 Å². The second-order valence-electron chi connectivity index (χ2n) is 7.58. The summed E-state index contributed by atoms with van der Waals surface area (Å²) in [6.07, 6.45) is 3.89. The van der Waals surface area contributed by atoms with E-state index in [0.29, 0.717) is 12.0 Å². The molecule has 29 heavy (non-hydrogen) atoms. The first-order valence-corrected chi connectivity index (χ1v) is 10.7. The molecule has 1 aliphatic heterocycles. The smallest absolute Gasteiger partial charge is 0.191 e. The minimum Gasteiger partial charge on any atom is -0.497 e. The number of rotatable bonds is 8. The topological polar surface area (TPSA) is 76.4 Å². The third-order valence-electron chi connectivity index (χ3n) is 5.42. The summed E-state index contributed by atoms with van der Waals surface area (Å²) in [6, 6.07) is 8.64. The molecule has 0 radical (unpaired) electrons. The summed E-state index contributed by atoms with van der Waals surface area (Å²) in [5, 5.41) is 11.6. The largest absolute Gasteiger partial charge is 0.497 e. The molecule has 0 aliphatic carbocycles. The van der Waals surface area contributed by atoms with E-state index in [2.05, 4.69) is 58.3 Å². The van der Waals surface area contributed by atoms with Crippen molar-refractivity contribution in [3.05, 3.63) is 41.5 Å². The molecule has 0 amide bonds. The molecule has 2 unspecified atom stereocenters. The Morgan fingerprint density at radius 1 is 1.31 bits per heavy atom. The molecular weight excluding hydrogens is 364 g/mol. The van der Waals surface area contributed by atoms with Crippen LogP contribution in [0, 0.1) is 0 Å². The number of nitrogens with one attached hydrogen (secondary N) is 2. The zero-order valence-corrected chi connectivity index (χ0v) is 18.1. The predicted molar refractivity (Wildman–Crippen MR) is 117 cm³/mol. The Hall–Kier alpha value is -2.57. The molecule has 1 aromatic carbocycles. The minimum atomic E-state index is 0.325. The Bertz CT molecular complexity index is 798. The van der Waals surface area contributed by atoms with E-state index in [1.54, 1.807) is 7.11 Å². The second-order valence-corrected chi connectivity index (χ2v) is 7.58. The Labute approximate surface area is 174 Å². The number of fused-ring (bicyclic) bond motifs is 1. The number of hydrogen-bond acceptors (Lipinski definition) is 4. The van der Waals surface area contributed by atoms with E-state index in [1.165, 1.54) is 5.56 Å². The average molecular weight is 399 g/mol. The molecule has 1 aromatic heterocycles. The second kappa shape index (κ2) is 10.3. The fourth-order valence-electron chi connectivity index (χ4n) is 3.61. The molecule has 2 atom stereocenters. The Morgan fingerprint density at radius 3 is 2.79 bits per heavy atom. The van der Waals surface area contributed by atoms with Gasteiger partial charge in [-0.15, -0.1) is 0 Å². The number of aryl methyl sites for hydroxylation is 2. The lowest BCUT2D eigenvalue weighted by atomic mass is 9.98. The molecule has 0 bridgehead atoms. The van der Waals surface area contributed by atoms with Crippen LogP contribution in [0.15, 0.2) is 29.3 Å². The van der Waals surface area contributed by atoms with Crippen LogP contribution in [0.3, 0.4) is 0 Å². The highest BCUT2D eigenvalue weighted by atomic mass is 16.5. The average Bonchev–Trinajstić information content (AvgIpc) is 3.16. The molecule has 0 fully saturated rings. The maximum Gasteiger partial charge on any atom is 0.191 e. The van der Waals surface area contributed by atoms with Gasteiger partial charge in [0.1, 0.15) is 11.6 Å². The van der Waals surface area contributed by atoms with Crippen LogP contribution in [-0.2, 0) is 19.4 Å². The number of nitrogens with zero attached hydrogens (tertiary/aromatic N) is 4. The normalized spacial score (nSPS) is 17.5. The SMILES string of the molecule is CCNC(=NCCC(C)c1ccc(OC)cc1)NC1CCc2nc(CC)nn2C1. The molecule has 7 nitrogen and oxygen atoms in total. The van der Waals surface area contributed by atoms with E-state index in [0.717, 1.165) is 68.7 Å². The van der Waals surface area contributed by atoms with Gasteiger partial charge in [-0.2, -0.15) is 5.10 Å². The van der Waals surface area contributed by atoms with Crippen LogP contribution >= 0.6 is 0 Å². The van der Waals surface area contributed by atoms with Gasteiger partial charge in [-0.1, -0.05) is 26.0 Å². The number of hydrogen-bond donors (Lipinski definition) is 2. The van der Waals surface area contributed by atoms with Gasteiger partial charge in [-0.25, -0.2) is 9.67 Å². The van der Waals surface area contributed by atoms with Crippen molar-refractivity contribution in [1.29, 1.82) is 0 Å². The van der Waals surface area contributed by atoms with Gasteiger partial charge in [0, 0.05) is 32.0 Å². The third-order valence-corrected chi connectivity index (χ3v) is 5.42. The summed E-state index contributed by atoms with van der Waals surface area (Å²) < 4.78 is 7.29. The van der Waals surface area contributed by atoms with Crippen molar-refractivity contribution >= 4 is 5.96 Å². The number of ether oxygens (including phenoxy) is 1. The summed E-state index contributed by atoms with van der Waals surface area (Å²) in [5.41, 5.74) is 1.32. The van der Waals surface area contributed by atoms with Gasteiger partial charge < -0.3 is 15.4 Å². The molecule has 0 spiro atoms. The summed E-state index contributed by atoms with van der Waals surface area (Å²) in [5.74, 6) is 4.28. The van der Waals surface area contributed by atoms with Gasteiger partial charge >= 0.3 is 0 Å². The summed E-state index contributed by atoms with van der Waals surface area (Å²) in [4.78, 5) is 9.41. The summed E-state index contributed by atoms with van der Waals surface area (Å²) >= 11 is 0. The fraction of sp³-hybridized carbons (Fsp3) is 0.591. The first-order valence-electron chi connectivity index (χ1n) is 10.7. The molecule has 2 aromatic rings. The Balaban J connectivity index is 1.54. The Morgan fingerprint density at radius 2 is 2.10 bits per heavy atom. The van der Waals surface area contributed by atoms with Crippen LogP contribution < -0.4 is 15.4 Å². The quantitative estimate of drug-likeness (QED) is 0.528. The highest BCUT2D eigenvalue weighted by molar-refractivity contribution is 5.80. The van der Waals surface area contributed by atoms with Gasteiger partial charge in [-0.3, -0.25) is 4.99 Å². The maximum atomic E-state index is 5.24. The van der Waals surface area contributed by atoms with Crippen LogP contribution in [0.1, 0.15) is 56.7 Å². The molecule has 2 heterocycles. The van der Waals surface area contributed by atoms with Crippen LogP contribution in [-0.4, -0.2) is 47.0 Å². The highest BCUT2D eigenvalue weighted by Crippen LogP contribution is 2.21. The lowest BCUT2D eigenvalue weighted by Crippen LogP contribution is -2.47. The van der Waals surface area contributed by atoms with Crippen LogP contribution in [0.4, 0.5) is 0 Å². The monoisotopic (exact) mass is 398 g/mol. The summed E-state index contributed by atoms with van der Waals surface area (Å²) in [7, 11) is 1.70. The molecular formula is C22H34N6O. The standard InChI is InChI=1S/C22H34N6O/c1-5-20-26-21-12-9-18(15-28(21)27-20)25-22(23-6-2)24-14-13-16(3)17-7-10-19(29-4)11-8-17/h7-8,10-11,16,18H,5-6,9,12-15H2,1-4H3,(H2,23,24,25). The van der Waals surface area contributed by atoms with Crippen molar-refractivity contribution in [2.24, 2.45) is 4.99 Å². The molecule has 1 aliphatic rings. The number of guanidine groups is 1. The minimum absolute atomic E-state index is 0.325. The number of methoxy groups -OCH3 is 1. The van der Waals surface area contributed by atoms with E-state index in [1.807, 2.05) is 12.1 Å². The lowest BCUT2D eigenvalue weighted by molar-refractivity contribution is 0.392. The first-order chi connectivity index (χ1) is 14.1.